The van der Waals surface area contributed by atoms with Crippen molar-refractivity contribution in [1.82, 2.24) is 0 Å². The Morgan fingerprint density at radius 3 is 2.33 bits per heavy atom. The Morgan fingerprint density at radius 1 is 1.07 bits per heavy atom. The summed E-state index contributed by atoms with van der Waals surface area (Å²) in [4.78, 5) is 18.3. The van der Waals surface area contributed by atoms with Crippen molar-refractivity contribution in [3.05, 3.63) is 65.7 Å². The molecule has 0 N–H and O–H groups in total. The van der Waals surface area contributed by atoms with Gasteiger partial charge in [0.15, 0.2) is 5.78 Å². The van der Waals surface area contributed by atoms with Crippen LogP contribution in [0.2, 0.25) is 0 Å². The number of aliphatic imine (C=N–C) groups is 1. The van der Waals surface area contributed by atoms with Crippen LogP contribution in [0.3, 0.4) is 0 Å². The minimum atomic E-state index is -4.38. The van der Waals surface area contributed by atoms with Gasteiger partial charge in [0.25, 0.3) is 0 Å². The molecule has 1 fully saturated rings. The number of alkyl halides is 3. The third-order valence-corrected chi connectivity index (χ3v) is 6.19. The van der Waals surface area contributed by atoms with Crippen LogP contribution < -0.4 is 0 Å². The molecule has 30 heavy (non-hydrogen) atoms. The summed E-state index contributed by atoms with van der Waals surface area (Å²) < 4.78 is 39.0. The van der Waals surface area contributed by atoms with Gasteiger partial charge in [0.2, 0.25) is 0 Å². The number of carbonyl (C=O) groups is 1. The highest BCUT2D eigenvalue weighted by molar-refractivity contribution is 6.10. The quantitative estimate of drug-likeness (QED) is 0.345. The number of nitrogens with zero attached hydrogens (tertiary/aromatic N) is 1. The number of rotatable bonds is 7. The number of benzene rings is 2. The normalized spacial score (nSPS) is 22.5. The lowest BCUT2D eigenvalue weighted by Crippen LogP contribution is -2.35. The zero-order valence-corrected chi connectivity index (χ0v) is 17.5. The van der Waals surface area contributed by atoms with Crippen LogP contribution in [-0.2, 0) is 16.4 Å². The van der Waals surface area contributed by atoms with Gasteiger partial charge in [-0.3, -0.25) is 9.79 Å². The van der Waals surface area contributed by atoms with Gasteiger partial charge in [0, 0.05) is 5.71 Å². The highest BCUT2D eigenvalue weighted by Gasteiger charge is 2.49. The van der Waals surface area contributed by atoms with E-state index in [1.54, 1.807) is 0 Å². The molecule has 0 saturated heterocycles. The summed E-state index contributed by atoms with van der Waals surface area (Å²) in [7, 11) is 0. The molecular weight excluding hydrogens is 387 g/mol. The molecule has 3 rings (SSSR count). The van der Waals surface area contributed by atoms with Crippen molar-refractivity contribution in [2.75, 3.05) is 0 Å². The fraction of sp³-hybridized carbons (Fsp3) is 0.440. The lowest BCUT2D eigenvalue weighted by molar-refractivity contribution is -0.137. The minimum Gasteiger partial charge on any atom is -0.298 e. The van der Waals surface area contributed by atoms with Crippen LogP contribution in [0.25, 0.3) is 0 Å². The smallest absolute Gasteiger partial charge is 0.298 e. The number of ketones is 1. The van der Waals surface area contributed by atoms with E-state index in [0.29, 0.717) is 24.8 Å². The Morgan fingerprint density at radius 2 is 1.73 bits per heavy atom. The predicted molar refractivity (Wildman–Crippen MR) is 114 cm³/mol. The Hall–Kier alpha value is -2.43. The summed E-state index contributed by atoms with van der Waals surface area (Å²) >= 11 is 0. The first-order valence-corrected chi connectivity index (χ1v) is 10.6. The van der Waals surface area contributed by atoms with Crippen molar-refractivity contribution in [1.29, 1.82) is 0 Å². The highest BCUT2D eigenvalue weighted by Crippen LogP contribution is 2.46. The molecule has 1 aliphatic carbocycles. The van der Waals surface area contributed by atoms with Gasteiger partial charge >= 0.3 is 6.18 Å². The molecule has 0 amide bonds. The van der Waals surface area contributed by atoms with Crippen molar-refractivity contribution in [2.45, 2.75) is 64.0 Å². The van der Waals surface area contributed by atoms with E-state index in [1.165, 1.54) is 12.1 Å². The summed E-state index contributed by atoms with van der Waals surface area (Å²) in [5.74, 6) is -0.204. The summed E-state index contributed by atoms with van der Waals surface area (Å²) in [6.07, 6.45) is 0.508. The van der Waals surface area contributed by atoms with Gasteiger partial charge in [0.1, 0.15) is 0 Å². The van der Waals surface area contributed by atoms with E-state index < -0.39 is 17.2 Å². The molecule has 5 heteroatoms. The van der Waals surface area contributed by atoms with Crippen molar-refractivity contribution in [3.8, 4) is 0 Å². The second kappa shape index (κ2) is 9.15. The maximum Gasteiger partial charge on any atom is 0.416 e. The predicted octanol–water partition coefficient (Wildman–Crippen LogP) is 7.30. The van der Waals surface area contributed by atoms with E-state index in [-0.39, 0.29) is 11.7 Å². The van der Waals surface area contributed by atoms with E-state index in [4.69, 9.17) is 0 Å². The van der Waals surface area contributed by atoms with Gasteiger partial charge in [-0.05, 0) is 56.0 Å². The molecule has 2 aromatic rings. The van der Waals surface area contributed by atoms with Crippen molar-refractivity contribution in [2.24, 2.45) is 10.9 Å². The first-order valence-electron chi connectivity index (χ1n) is 10.6. The Balaban J connectivity index is 1.92. The SMILES string of the molecule is CCCCCC1(c2ccc(C(F)(F)F)cc2)CCC(C(C)=Nc2ccccc2)C1=O. The molecule has 0 heterocycles. The van der Waals surface area contributed by atoms with Crippen molar-refractivity contribution < 1.29 is 18.0 Å². The van der Waals surface area contributed by atoms with E-state index in [0.717, 1.165) is 42.8 Å². The number of carbonyl (C=O) groups excluding carboxylic acids is 1. The van der Waals surface area contributed by atoms with Crippen molar-refractivity contribution >= 4 is 17.2 Å². The number of Topliss-reactive ketones (excluding diaryl/α,β-unsaturated/α-hetero) is 1. The van der Waals surface area contributed by atoms with Gasteiger partial charge < -0.3 is 0 Å². The molecule has 0 radical (unpaired) electrons. The van der Waals surface area contributed by atoms with Gasteiger partial charge in [-0.15, -0.1) is 0 Å². The van der Waals surface area contributed by atoms with E-state index in [1.807, 2.05) is 37.3 Å². The summed E-state index contributed by atoms with van der Waals surface area (Å²) in [6, 6.07) is 14.7. The molecule has 1 saturated carbocycles. The molecule has 0 aliphatic heterocycles. The second-order valence-corrected chi connectivity index (χ2v) is 8.16. The highest BCUT2D eigenvalue weighted by atomic mass is 19.4. The first-order chi connectivity index (χ1) is 14.3. The molecule has 0 bridgehead atoms. The first kappa shape index (κ1) is 22.3. The molecular formula is C25H28F3NO. The van der Waals surface area contributed by atoms with Gasteiger partial charge in [-0.2, -0.15) is 13.2 Å². The summed E-state index contributed by atoms with van der Waals surface area (Å²) in [6.45, 7) is 3.98. The third-order valence-electron chi connectivity index (χ3n) is 6.19. The minimum absolute atomic E-state index is 0.0931. The number of para-hydroxylation sites is 1. The zero-order chi connectivity index (χ0) is 21.8. The summed E-state index contributed by atoms with van der Waals surface area (Å²) in [5.41, 5.74) is 0.874. The van der Waals surface area contributed by atoms with Crippen LogP contribution in [0.1, 0.15) is 63.5 Å². The average molecular weight is 415 g/mol. The van der Waals surface area contributed by atoms with Crippen LogP contribution in [0.15, 0.2) is 59.6 Å². The van der Waals surface area contributed by atoms with Crippen LogP contribution in [0, 0.1) is 5.92 Å². The third kappa shape index (κ3) is 4.66. The Kier molecular flexibility index (Phi) is 6.79. The van der Waals surface area contributed by atoms with Gasteiger partial charge in [0.05, 0.1) is 22.6 Å². The van der Waals surface area contributed by atoms with Crippen LogP contribution in [0.5, 0.6) is 0 Å². The van der Waals surface area contributed by atoms with Crippen LogP contribution in [0.4, 0.5) is 18.9 Å². The van der Waals surface area contributed by atoms with Gasteiger partial charge in [-0.25, -0.2) is 0 Å². The fourth-order valence-corrected chi connectivity index (χ4v) is 4.50. The van der Waals surface area contributed by atoms with Crippen LogP contribution >= 0.6 is 0 Å². The Bertz CT molecular complexity index is 887. The van der Waals surface area contributed by atoms with E-state index in [9.17, 15) is 18.0 Å². The molecule has 1 aliphatic rings. The van der Waals surface area contributed by atoms with Crippen LogP contribution in [-0.4, -0.2) is 11.5 Å². The molecule has 0 aromatic heterocycles. The Labute approximate surface area is 176 Å². The largest absolute Gasteiger partial charge is 0.416 e. The lowest BCUT2D eigenvalue weighted by atomic mass is 9.73. The molecule has 160 valence electrons. The molecule has 0 spiro atoms. The lowest BCUT2D eigenvalue weighted by Gasteiger charge is -2.29. The standard InChI is InChI=1S/C25H28F3NO/c1-3-4-8-16-24(19-11-13-20(14-12-19)25(26,27)28)17-15-22(23(24)30)18(2)29-21-9-6-5-7-10-21/h5-7,9-14,22H,3-4,8,15-17H2,1-2H3. The molecule has 2 aromatic carbocycles. The molecule has 2 nitrogen and oxygen atoms in total. The van der Waals surface area contributed by atoms with Gasteiger partial charge in [-0.1, -0.05) is 56.5 Å². The maximum absolute atomic E-state index is 13.6. The number of halogens is 3. The maximum atomic E-state index is 13.6. The van der Waals surface area contributed by atoms with E-state index in [2.05, 4.69) is 11.9 Å². The number of hydrogen-bond donors (Lipinski definition) is 0. The molecule has 2 atom stereocenters. The zero-order valence-electron chi connectivity index (χ0n) is 17.5. The summed E-state index contributed by atoms with van der Waals surface area (Å²) in [5, 5.41) is 0. The topological polar surface area (TPSA) is 29.4 Å². The average Bonchev–Trinajstić information content (AvgIpc) is 3.06. The number of hydrogen-bond acceptors (Lipinski definition) is 2. The van der Waals surface area contributed by atoms with Crippen molar-refractivity contribution in [3.63, 3.8) is 0 Å². The monoisotopic (exact) mass is 415 g/mol. The fourth-order valence-electron chi connectivity index (χ4n) is 4.50. The van der Waals surface area contributed by atoms with E-state index >= 15 is 0 Å². The molecule has 2 unspecified atom stereocenters. The number of unbranched alkanes of at least 4 members (excludes halogenated alkanes) is 2. The second-order valence-electron chi connectivity index (χ2n) is 8.16.